The third-order valence-corrected chi connectivity index (χ3v) is 4.23. The van der Waals surface area contributed by atoms with Crippen LogP contribution in [0.25, 0.3) is 0 Å². The van der Waals surface area contributed by atoms with Crippen LogP contribution in [0.1, 0.15) is 23.7 Å². The van der Waals surface area contributed by atoms with Crippen LogP contribution in [-0.4, -0.2) is 36.4 Å². The van der Waals surface area contributed by atoms with Gasteiger partial charge in [-0.15, -0.1) is 0 Å². The minimum atomic E-state index is -0.246. The zero-order chi connectivity index (χ0) is 15.7. The van der Waals surface area contributed by atoms with Crippen LogP contribution < -0.4 is 10.6 Å². The monoisotopic (exact) mass is 348 g/mol. The second-order valence-electron chi connectivity index (χ2n) is 4.18. The number of hydrogen-bond donors (Lipinski definition) is 2. The highest BCUT2D eigenvalue weighted by Gasteiger charge is 2.07. The van der Waals surface area contributed by atoms with Crippen molar-refractivity contribution < 1.29 is 9.59 Å². The average molecular weight is 349 g/mol. The van der Waals surface area contributed by atoms with E-state index in [0.29, 0.717) is 35.1 Å². The lowest BCUT2D eigenvalue weighted by Gasteiger charge is -2.07. The van der Waals surface area contributed by atoms with E-state index < -0.39 is 0 Å². The lowest BCUT2D eigenvalue weighted by atomic mass is 10.2. The molecule has 0 unspecified atom stereocenters. The average Bonchev–Trinajstić information content (AvgIpc) is 2.46. The van der Waals surface area contributed by atoms with E-state index in [4.69, 9.17) is 23.2 Å². The molecule has 0 aliphatic heterocycles. The first kappa shape index (κ1) is 18.1. The summed E-state index contributed by atoms with van der Waals surface area (Å²) in [6.45, 7) is 2.83. The predicted octanol–water partition coefficient (Wildman–Crippen LogP) is 2.98. The van der Waals surface area contributed by atoms with Crippen LogP contribution in [0.2, 0.25) is 10.0 Å². The lowest BCUT2D eigenvalue weighted by Crippen LogP contribution is -2.34. The number of carbonyl (C=O) groups is 2. The number of thioether (sulfide) groups is 1. The molecular formula is C14H18Cl2N2O2S. The summed E-state index contributed by atoms with van der Waals surface area (Å²) in [5, 5.41) is 6.21. The maximum atomic E-state index is 11.8. The van der Waals surface area contributed by atoms with Crippen molar-refractivity contribution in [2.45, 2.75) is 13.3 Å². The summed E-state index contributed by atoms with van der Waals surface area (Å²) in [6.07, 6.45) is 0.499. The molecule has 7 heteroatoms. The molecule has 116 valence electrons. The van der Waals surface area contributed by atoms with E-state index in [1.807, 2.05) is 0 Å². The van der Waals surface area contributed by atoms with Crippen LogP contribution in [-0.2, 0) is 4.79 Å². The summed E-state index contributed by atoms with van der Waals surface area (Å²) >= 11 is 13.4. The van der Waals surface area contributed by atoms with E-state index in [2.05, 4.69) is 17.6 Å². The normalized spacial score (nSPS) is 10.2. The van der Waals surface area contributed by atoms with Crippen LogP contribution in [0.4, 0.5) is 0 Å². The molecule has 0 atom stereocenters. The van der Waals surface area contributed by atoms with E-state index in [-0.39, 0.29) is 11.8 Å². The van der Waals surface area contributed by atoms with Gasteiger partial charge < -0.3 is 10.6 Å². The zero-order valence-electron chi connectivity index (χ0n) is 11.7. The van der Waals surface area contributed by atoms with Gasteiger partial charge in [-0.1, -0.05) is 30.1 Å². The van der Waals surface area contributed by atoms with Gasteiger partial charge in [-0.3, -0.25) is 9.59 Å². The number of nitrogens with one attached hydrogen (secondary N) is 2. The summed E-state index contributed by atoms with van der Waals surface area (Å²) in [5.41, 5.74) is 0.440. The molecule has 0 saturated heterocycles. The second-order valence-corrected chi connectivity index (χ2v) is 6.39. The quantitative estimate of drug-likeness (QED) is 0.710. The molecule has 0 bridgehead atoms. The molecule has 2 N–H and O–H groups in total. The van der Waals surface area contributed by atoms with E-state index in [1.165, 1.54) is 6.07 Å². The first-order valence-corrected chi connectivity index (χ1v) is 8.53. The van der Waals surface area contributed by atoms with Crippen LogP contribution in [0, 0.1) is 0 Å². The Kier molecular flexibility index (Phi) is 8.57. The minimum Gasteiger partial charge on any atom is -0.354 e. The Hall–Kier alpha value is -0.910. The first-order chi connectivity index (χ1) is 10.0. The fourth-order valence-corrected chi connectivity index (χ4v) is 2.43. The number of halogens is 2. The Labute approximate surface area is 139 Å². The van der Waals surface area contributed by atoms with Gasteiger partial charge in [0.2, 0.25) is 5.91 Å². The Morgan fingerprint density at radius 3 is 2.52 bits per heavy atom. The SMILES string of the molecule is CCSCCC(=O)NCCNC(=O)c1ccc(Cl)c(Cl)c1. The first-order valence-electron chi connectivity index (χ1n) is 6.62. The Morgan fingerprint density at radius 1 is 1.14 bits per heavy atom. The molecular weight excluding hydrogens is 331 g/mol. The Bertz CT molecular complexity index is 498. The fourth-order valence-electron chi connectivity index (χ4n) is 1.51. The van der Waals surface area contributed by atoms with E-state index in [0.717, 1.165) is 11.5 Å². The van der Waals surface area contributed by atoms with Crippen molar-refractivity contribution in [3.05, 3.63) is 33.8 Å². The molecule has 2 amide bonds. The molecule has 0 aromatic heterocycles. The molecule has 0 aliphatic rings. The third-order valence-electron chi connectivity index (χ3n) is 2.59. The Morgan fingerprint density at radius 2 is 1.86 bits per heavy atom. The molecule has 1 aromatic rings. The summed E-state index contributed by atoms with van der Waals surface area (Å²) < 4.78 is 0. The number of hydrogen-bond acceptors (Lipinski definition) is 3. The van der Waals surface area contributed by atoms with Gasteiger partial charge in [0.1, 0.15) is 0 Å². The Balaban J connectivity index is 2.24. The van der Waals surface area contributed by atoms with Crippen molar-refractivity contribution in [3.63, 3.8) is 0 Å². The molecule has 1 aromatic carbocycles. The van der Waals surface area contributed by atoms with Crippen molar-refractivity contribution in [1.82, 2.24) is 10.6 Å². The molecule has 0 saturated carbocycles. The highest BCUT2D eigenvalue weighted by atomic mass is 35.5. The third kappa shape index (κ3) is 7.07. The van der Waals surface area contributed by atoms with Gasteiger partial charge in [0.05, 0.1) is 10.0 Å². The number of carbonyl (C=O) groups excluding carboxylic acids is 2. The van der Waals surface area contributed by atoms with Crippen LogP contribution in [0.3, 0.4) is 0 Å². The van der Waals surface area contributed by atoms with E-state index in [9.17, 15) is 9.59 Å². The standard InChI is InChI=1S/C14H18Cl2N2O2S/c1-2-21-8-5-13(19)17-6-7-18-14(20)10-3-4-11(15)12(16)9-10/h3-4,9H,2,5-8H2,1H3,(H,17,19)(H,18,20). The highest BCUT2D eigenvalue weighted by Crippen LogP contribution is 2.22. The van der Waals surface area contributed by atoms with E-state index >= 15 is 0 Å². The van der Waals surface area contributed by atoms with Crippen molar-refractivity contribution in [2.24, 2.45) is 0 Å². The smallest absolute Gasteiger partial charge is 0.251 e. The lowest BCUT2D eigenvalue weighted by molar-refractivity contribution is -0.120. The topological polar surface area (TPSA) is 58.2 Å². The van der Waals surface area contributed by atoms with Gasteiger partial charge in [0.15, 0.2) is 0 Å². The number of amides is 2. The molecule has 21 heavy (non-hydrogen) atoms. The van der Waals surface area contributed by atoms with Crippen LogP contribution >= 0.6 is 35.0 Å². The van der Waals surface area contributed by atoms with Crippen LogP contribution in [0.5, 0.6) is 0 Å². The van der Waals surface area contributed by atoms with Gasteiger partial charge in [0, 0.05) is 30.8 Å². The van der Waals surface area contributed by atoms with Gasteiger partial charge in [-0.05, 0) is 24.0 Å². The summed E-state index contributed by atoms with van der Waals surface area (Å²) in [4.78, 5) is 23.3. The van der Waals surface area contributed by atoms with E-state index in [1.54, 1.807) is 23.9 Å². The second kappa shape index (κ2) is 9.92. The minimum absolute atomic E-state index is 0.000244. The molecule has 0 fully saturated rings. The number of benzene rings is 1. The van der Waals surface area contributed by atoms with Gasteiger partial charge >= 0.3 is 0 Å². The number of rotatable bonds is 8. The molecule has 4 nitrogen and oxygen atoms in total. The van der Waals surface area contributed by atoms with Crippen molar-refractivity contribution >= 4 is 46.8 Å². The fraction of sp³-hybridized carbons (Fsp3) is 0.429. The zero-order valence-corrected chi connectivity index (χ0v) is 14.1. The molecule has 0 spiro atoms. The van der Waals surface area contributed by atoms with Crippen molar-refractivity contribution in [3.8, 4) is 0 Å². The predicted molar refractivity (Wildman–Crippen MR) is 89.4 cm³/mol. The molecule has 0 heterocycles. The molecule has 0 aliphatic carbocycles. The molecule has 0 radical (unpaired) electrons. The highest BCUT2D eigenvalue weighted by molar-refractivity contribution is 7.99. The summed E-state index contributed by atoms with van der Waals surface area (Å²) in [6, 6.07) is 4.69. The summed E-state index contributed by atoms with van der Waals surface area (Å²) in [5.74, 6) is 1.58. The summed E-state index contributed by atoms with van der Waals surface area (Å²) in [7, 11) is 0. The van der Waals surface area contributed by atoms with Gasteiger partial charge in [0.25, 0.3) is 5.91 Å². The van der Waals surface area contributed by atoms with Crippen molar-refractivity contribution in [1.29, 1.82) is 0 Å². The maximum Gasteiger partial charge on any atom is 0.251 e. The van der Waals surface area contributed by atoms with Gasteiger partial charge in [-0.2, -0.15) is 11.8 Å². The maximum absolute atomic E-state index is 11.8. The largest absolute Gasteiger partial charge is 0.354 e. The van der Waals surface area contributed by atoms with Crippen LogP contribution in [0.15, 0.2) is 18.2 Å². The van der Waals surface area contributed by atoms with Crippen molar-refractivity contribution in [2.75, 3.05) is 24.6 Å². The molecule has 1 rings (SSSR count). The van der Waals surface area contributed by atoms with Gasteiger partial charge in [-0.25, -0.2) is 0 Å².